The van der Waals surface area contributed by atoms with Crippen molar-refractivity contribution < 1.29 is 34.2 Å². The van der Waals surface area contributed by atoms with Crippen LogP contribution >= 0.6 is 0 Å². The molecule has 0 radical (unpaired) electrons. The molecule has 4 atom stereocenters. The molecule has 4 unspecified atom stereocenters. The van der Waals surface area contributed by atoms with Gasteiger partial charge in [0.15, 0.2) is 0 Å². The van der Waals surface area contributed by atoms with Crippen molar-refractivity contribution in [3.05, 3.63) is 54.1 Å². The molecule has 1 aliphatic heterocycles. The molecule has 1 saturated heterocycles. The maximum atomic E-state index is 13.4. The fourth-order valence-electron chi connectivity index (χ4n) is 4.35. The van der Waals surface area contributed by atoms with Crippen LogP contribution in [-0.2, 0) is 36.8 Å². The highest BCUT2D eigenvalue weighted by Crippen LogP contribution is 2.19. The first kappa shape index (κ1) is 28.3. The van der Waals surface area contributed by atoms with Crippen molar-refractivity contribution in [1.82, 2.24) is 25.5 Å². The van der Waals surface area contributed by atoms with Gasteiger partial charge in [0, 0.05) is 31.3 Å². The Morgan fingerprint density at radius 1 is 1.05 bits per heavy atom. The van der Waals surface area contributed by atoms with Crippen LogP contribution < -0.4 is 16.4 Å². The number of carbonyl (C=O) groups excluding carboxylic acids is 3. The SMILES string of the molecule is NC(Cc1ccccc1)C(=O)NC(CCC(=O)O)C(=O)NC(Cc1cnc[nH]1)C(=O)N1CCCC1C(=O)O. The molecule has 0 bridgehead atoms. The lowest BCUT2D eigenvalue weighted by Crippen LogP contribution is -2.58. The zero-order valence-corrected chi connectivity index (χ0v) is 20.7. The van der Waals surface area contributed by atoms with Gasteiger partial charge in [-0.25, -0.2) is 9.78 Å². The average molecular weight is 529 g/mol. The number of carboxylic acid groups (broad SMARTS) is 2. The second-order valence-electron chi connectivity index (χ2n) is 9.16. The lowest BCUT2D eigenvalue weighted by Gasteiger charge is -2.28. The highest BCUT2D eigenvalue weighted by atomic mass is 16.4. The average Bonchev–Trinajstić information content (AvgIpc) is 3.58. The van der Waals surface area contributed by atoms with Gasteiger partial charge in [-0.1, -0.05) is 30.3 Å². The van der Waals surface area contributed by atoms with E-state index in [1.54, 1.807) is 24.3 Å². The lowest BCUT2D eigenvalue weighted by molar-refractivity contribution is -0.149. The van der Waals surface area contributed by atoms with E-state index >= 15 is 0 Å². The molecule has 0 spiro atoms. The number of nitrogens with zero attached hydrogens (tertiary/aromatic N) is 2. The predicted molar refractivity (Wildman–Crippen MR) is 134 cm³/mol. The fourth-order valence-corrected chi connectivity index (χ4v) is 4.35. The first-order valence-corrected chi connectivity index (χ1v) is 12.3. The lowest BCUT2D eigenvalue weighted by atomic mass is 10.0. The van der Waals surface area contributed by atoms with E-state index in [1.807, 2.05) is 6.07 Å². The first-order valence-electron chi connectivity index (χ1n) is 12.3. The van der Waals surface area contributed by atoms with E-state index in [4.69, 9.17) is 10.8 Å². The Morgan fingerprint density at radius 3 is 2.39 bits per heavy atom. The molecular formula is C25H32N6O7. The largest absolute Gasteiger partial charge is 0.481 e. The molecular weight excluding hydrogens is 496 g/mol. The summed E-state index contributed by atoms with van der Waals surface area (Å²) in [4.78, 5) is 70.2. The smallest absolute Gasteiger partial charge is 0.326 e. The summed E-state index contributed by atoms with van der Waals surface area (Å²) in [5.41, 5.74) is 7.36. The molecule has 38 heavy (non-hydrogen) atoms. The minimum absolute atomic E-state index is 0.0134. The third-order valence-corrected chi connectivity index (χ3v) is 6.33. The standard InChI is InChI=1S/C25H32N6O7/c26-17(11-15-5-2-1-3-6-15)22(34)29-18(8-9-21(32)33)23(35)30-19(12-16-13-27-14-28-16)24(36)31-10-4-7-20(31)25(37)38/h1-3,5-6,13-14,17-20H,4,7-12,26H2,(H,27,28)(H,29,34)(H,30,35)(H,32,33)(H,37,38). The highest BCUT2D eigenvalue weighted by molar-refractivity contribution is 5.94. The molecule has 0 aliphatic carbocycles. The molecule has 1 aliphatic rings. The fraction of sp³-hybridized carbons (Fsp3) is 0.440. The number of carbonyl (C=O) groups is 5. The third-order valence-electron chi connectivity index (χ3n) is 6.33. The Labute approximate surface area is 218 Å². The quantitative estimate of drug-likeness (QED) is 0.196. The summed E-state index contributed by atoms with van der Waals surface area (Å²) < 4.78 is 0. The second kappa shape index (κ2) is 13.3. The number of imidazole rings is 1. The number of hydrogen-bond donors (Lipinski definition) is 6. The zero-order chi connectivity index (χ0) is 27.7. The van der Waals surface area contributed by atoms with Crippen LogP contribution in [0.15, 0.2) is 42.9 Å². The molecule has 204 valence electrons. The summed E-state index contributed by atoms with van der Waals surface area (Å²) in [6, 6.07) is 4.55. The van der Waals surface area contributed by atoms with Crippen LogP contribution in [0.25, 0.3) is 0 Å². The highest BCUT2D eigenvalue weighted by Gasteiger charge is 2.38. The third kappa shape index (κ3) is 7.87. The molecule has 0 saturated carbocycles. The molecule has 13 heteroatoms. The first-order chi connectivity index (χ1) is 18.2. The van der Waals surface area contributed by atoms with E-state index in [0.717, 1.165) is 5.56 Å². The van der Waals surface area contributed by atoms with E-state index in [0.29, 0.717) is 18.5 Å². The summed E-state index contributed by atoms with van der Waals surface area (Å²) >= 11 is 0. The minimum atomic E-state index is -1.29. The van der Waals surface area contributed by atoms with Gasteiger partial charge < -0.3 is 36.5 Å². The maximum Gasteiger partial charge on any atom is 0.326 e. The molecule has 3 amide bonds. The van der Waals surface area contributed by atoms with Gasteiger partial charge in [0.1, 0.15) is 18.1 Å². The summed E-state index contributed by atoms with van der Waals surface area (Å²) in [6.45, 7) is 0.221. The number of carboxylic acids is 2. The van der Waals surface area contributed by atoms with Crippen molar-refractivity contribution in [2.75, 3.05) is 6.54 Å². The molecule has 1 aromatic heterocycles. The van der Waals surface area contributed by atoms with Crippen LogP contribution in [-0.4, -0.2) is 85.5 Å². The Balaban J connectivity index is 1.75. The van der Waals surface area contributed by atoms with E-state index in [2.05, 4.69) is 20.6 Å². The molecule has 13 nitrogen and oxygen atoms in total. The van der Waals surface area contributed by atoms with Crippen LogP contribution in [0.4, 0.5) is 0 Å². The van der Waals surface area contributed by atoms with Gasteiger partial charge >= 0.3 is 11.9 Å². The van der Waals surface area contributed by atoms with E-state index in [1.165, 1.54) is 17.4 Å². The summed E-state index contributed by atoms with van der Waals surface area (Å²) in [7, 11) is 0. The Bertz CT molecular complexity index is 1120. The van der Waals surface area contributed by atoms with Crippen molar-refractivity contribution in [1.29, 1.82) is 0 Å². The van der Waals surface area contributed by atoms with Gasteiger partial charge in [0.05, 0.1) is 12.4 Å². The molecule has 2 heterocycles. The number of nitrogens with one attached hydrogen (secondary N) is 3. The number of hydrogen-bond acceptors (Lipinski definition) is 7. The summed E-state index contributed by atoms with van der Waals surface area (Å²) in [5, 5.41) is 23.8. The number of benzene rings is 1. The zero-order valence-electron chi connectivity index (χ0n) is 20.7. The van der Waals surface area contributed by atoms with Gasteiger partial charge in [-0.15, -0.1) is 0 Å². The number of aromatic amines is 1. The Kier molecular flexibility index (Phi) is 9.93. The van der Waals surface area contributed by atoms with Gasteiger partial charge in [-0.2, -0.15) is 0 Å². The van der Waals surface area contributed by atoms with Crippen LogP contribution in [0.1, 0.15) is 36.9 Å². The van der Waals surface area contributed by atoms with Crippen molar-refractivity contribution in [2.24, 2.45) is 5.73 Å². The van der Waals surface area contributed by atoms with Crippen molar-refractivity contribution in [3.63, 3.8) is 0 Å². The van der Waals surface area contributed by atoms with E-state index in [-0.39, 0.29) is 25.8 Å². The van der Waals surface area contributed by atoms with Crippen LogP contribution in [0.3, 0.4) is 0 Å². The van der Waals surface area contributed by atoms with Gasteiger partial charge in [-0.3, -0.25) is 19.2 Å². The minimum Gasteiger partial charge on any atom is -0.481 e. The molecule has 2 aromatic rings. The number of aromatic nitrogens is 2. The summed E-state index contributed by atoms with van der Waals surface area (Å²) in [6.07, 6.45) is 3.20. The Morgan fingerprint density at radius 2 is 1.76 bits per heavy atom. The van der Waals surface area contributed by atoms with Gasteiger partial charge in [-0.05, 0) is 31.2 Å². The second-order valence-corrected chi connectivity index (χ2v) is 9.16. The van der Waals surface area contributed by atoms with E-state index < -0.39 is 60.2 Å². The number of H-pyrrole nitrogens is 1. The molecule has 7 N–H and O–H groups in total. The van der Waals surface area contributed by atoms with E-state index in [9.17, 15) is 29.1 Å². The topological polar surface area (TPSA) is 208 Å². The number of rotatable bonds is 13. The Hall–Kier alpha value is -4.26. The molecule has 1 fully saturated rings. The predicted octanol–water partition coefficient (Wildman–Crippen LogP) is -0.568. The number of amides is 3. The van der Waals surface area contributed by atoms with Crippen LogP contribution in [0, 0.1) is 0 Å². The van der Waals surface area contributed by atoms with Crippen molar-refractivity contribution >= 4 is 29.7 Å². The monoisotopic (exact) mass is 528 g/mol. The summed E-state index contributed by atoms with van der Waals surface area (Å²) in [5.74, 6) is -4.34. The molecule has 1 aromatic carbocycles. The van der Waals surface area contributed by atoms with Crippen LogP contribution in [0.2, 0.25) is 0 Å². The van der Waals surface area contributed by atoms with Crippen LogP contribution in [0.5, 0.6) is 0 Å². The number of nitrogens with two attached hydrogens (primary N) is 1. The molecule has 3 rings (SSSR count). The van der Waals surface area contributed by atoms with Crippen molar-refractivity contribution in [3.8, 4) is 0 Å². The van der Waals surface area contributed by atoms with Gasteiger partial charge in [0.2, 0.25) is 17.7 Å². The van der Waals surface area contributed by atoms with Crippen molar-refractivity contribution in [2.45, 2.75) is 62.7 Å². The normalized spacial score (nSPS) is 17.3. The maximum absolute atomic E-state index is 13.4. The number of aliphatic carboxylic acids is 2. The van der Waals surface area contributed by atoms with Gasteiger partial charge in [0.25, 0.3) is 0 Å². The number of likely N-dealkylation sites (tertiary alicyclic amines) is 1.